The molecule has 0 amide bonds. The van der Waals surface area contributed by atoms with Crippen LogP contribution < -0.4 is 0 Å². The van der Waals surface area contributed by atoms with Crippen molar-refractivity contribution in [3.05, 3.63) is 290 Å². The number of allylic oxidation sites excluding steroid dienone is 3. The topological polar surface area (TPSA) is 81.2 Å². The number of rotatable bonds is 8. The van der Waals surface area contributed by atoms with Crippen LogP contribution in [0.15, 0.2) is 256 Å². The molecule has 0 atom stereocenters. The first kappa shape index (κ1) is 56.0. The van der Waals surface area contributed by atoms with Gasteiger partial charge in [0, 0.05) is 49.6 Å². The van der Waals surface area contributed by atoms with Crippen molar-refractivity contribution in [3.8, 4) is 85.2 Å². The number of aryl methyl sites for hydroxylation is 4. The second-order valence-electron chi connectivity index (χ2n) is 20.8. The molecule has 0 radical (unpaired) electrons. The normalized spacial score (nSPS) is 10.5. The molecule has 10 aromatic carbocycles. The SMILES string of the molecule is C=C.C=C(C)C.C=CC(=C)C#N.Cc1cccc(-c2ccc3c(c2)c2cc(-c4cccc(C)c4)ccc2n3-c2ccc(C#N)c(-c3cc(-n4c5ccc(-c6cccc(C)c6)cc5c5cc(-c6cccc(C)c6)ccc54)ccc3C#N)c2)c1. The van der Waals surface area contributed by atoms with Crippen LogP contribution in [0.5, 0.6) is 0 Å². The van der Waals surface area contributed by atoms with Crippen LogP contribution in [-0.2, 0) is 0 Å². The number of fused-ring (bicyclic) bond motifs is 6. The fourth-order valence-corrected chi connectivity index (χ4v) is 10.6. The Labute approximate surface area is 482 Å². The quantitative estimate of drug-likeness (QED) is 0.0864. The predicted molar refractivity (Wildman–Crippen MR) is 347 cm³/mol. The largest absolute Gasteiger partial charge is 0.309 e. The Morgan fingerprint density at radius 3 is 0.866 bits per heavy atom. The van der Waals surface area contributed by atoms with Gasteiger partial charge in [0.25, 0.3) is 0 Å². The van der Waals surface area contributed by atoms with Gasteiger partial charge in [-0.15, -0.1) is 19.7 Å². The maximum Gasteiger partial charge on any atom is 0.0998 e. The highest BCUT2D eigenvalue weighted by Crippen LogP contribution is 2.42. The van der Waals surface area contributed by atoms with Crippen molar-refractivity contribution < 1.29 is 0 Å². The minimum Gasteiger partial charge on any atom is -0.309 e. The van der Waals surface area contributed by atoms with Crippen molar-refractivity contribution in [2.24, 2.45) is 0 Å². The fraction of sp³-hybridized carbons (Fsp3) is 0.0779. The lowest BCUT2D eigenvalue weighted by atomic mass is 9.95. The van der Waals surface area contributed by atoms with Gasteiger partial charge in [0.2, 0.25) is 0 Å². The van der Waals surface area contributed by atoms with Crippen molar-refractivity contribution in [1.82, 2.24) is 9.13 Å². The Hall–Kier alpha value is -10.8. The van der Waals surface area contributed by atoms with Crippen molar-refractivity contribution in [3.63, 3.8) is 0 Å². The Kier molecular flexibility index (Phi) is 16.7. The van der Waals surface area contributed by atoms with E-state index < -0.39 is 0 Å². The van der Waals surface area contributed by atoms with Gasteiger partial charge < -0.3 is 9.13 Å². The molecule has 0 saturated carbocycles. The summed E-state index contributed by atoms with van der Waals surface area (Å²) in [5.41, 5.74) is 24.1. The van der Waals surface area contributed by atoms with E-state index in [1.165, 1.54) is 56.2 Å². The number of benzene rings is 10. The molecule has 5 heteroatoms. The molecule has 82 heavy (non-hydrogen) atoms. The maximum absolute atomic E-state index is 10.8. The summed E-state index contributed by atoms with van der Waals surface area (Å²) in [5.74, 6) is 0. The van der Waals surface area contributed by atoms with E-state index in [2.05, 4.69) is 264 Å². The van der Waals surface area contributed by atoms with E-state index in [0.717, 1.165) is 77.2 Å². The van der Waals surface area contributed by atoms with Crippen LogP contribution in [0, 0.1) is 61.7 Å². The van der Waals surface area contributed by atoms with E-state index in [-0.39, 0.29) is 0 Å². The summed E-state index contributed by atoms with van der Waals surface area (Å²) in [5, 5.41) is 34.0. The van der Waals surface area contributed by atoms with E-state index in [9.17, 15) is 10.5 Å². The molecule has 0 fully saturated rings. The average molecular weight is 1060 g/mol. The maximum atomic E-state index is 10.8. The van der Waals surface area contributed by atoms with Crippen LogP contribution in [0.2, 0.25) is 0 Å². The fourth-order valence-electron chi connectivity index (χ4n) is 10.6. The number of nitrogens with zero attached hydrogens (tertiary/aromatic N) is 5. The Morgan fingerprint density at radius 2 is 0.646 bits per heavy atom. The minimum absolute atomic E-state index is 0.412. The molecule has 0 saturated heterocycles. The highest BCUT2D eigenvalue weighted by atomic mass is 15.0. The van der Waals surface area contributed by atoms with Crippen molar-refractivity contribution in [1.29, 1.82) is 15.8 Å². The number of hydrogen-bond acceptors (Lipinski definition) is 3. The van der Waals surface area contributed by atoms with Gasteiger partial charge in [-0.05, 0) is 171 Å². The molecule has 2 heterocycles. The molecule has 12 aromatic rings. The summed E-state index contributed by atoms with van der Waals surface area (Å²) in [6, 6.07) is 80.4. The third kappa shape index (κ3) is 11.5. The molecule has 5 nitrogen and oxygen atoms in total. The standard InChI is InChI=1S/C66H46N4.C5H5N.C4H8.C2H4/c1-41-9-5-13-45(29-41)49-19-25-63-59(33-49)60-34-50(46-14-6-10-42(2)30-46)20-26-64(60)69(63)55-23-17-53(39-67)57(37-55)58-38-56(24-18-54(58)40-68)70-65-27-21-51(47-15-7-11-43(3)31-47)35-61(65)62-36-52(22-28-66(62)70)48-16-8-12-44(4)32-48;1-3-5(2)4-6;1-4(2)3;1-2/h5-38H,1-4H3;3H,1-2H2;1H2,2-3H3;1-2H2. The van der Waals surface area contributed by atoms with Crippen molar-refractivity contribution >= 4 is 43.6 Å². The molecule has 0 aliphatic heterocycles. The van der Waals surface area contributed by atoms with Crippen LogP contribution >= 0.6 is 0 Å². The van der Waals surface area contributed by atoms with E-state index in [0.29, 0.717) is 27.8 Å². The Morgan fingerprint density at radius 1 is 0.378 bits per heavy atom. The molecule has 2 aromatic heterocycles. The number of aromatic nitrogens is 2. The summed E-state index contributed by atoms with van der Waals surface area (Å²) in [6.07, 6.45) is 1.42. The smallest absolute Gasteiger partial charge is 0.0998 e. The summed E-state index contributed by atoms with van der Waals surface area (Å²) in [6.45, 7) is 28.6. The molecule has 0 unspecified atom stereocenters. The first-order valence-corrected chi connectivity index (χ1v) is 27.1. The number of nitriles is 3. The average Bonchev–Trinajstić information content (AvgIpc) is 3.28. The highest BCUT2D eigenvalue weighted by molar-refractivity contribution is 6.13. The van der Waals surface area contributed by atoms with Crippen LogP contribution in [-0.4, -0.2) is 9.13 Å². The van der Waals surface area contributed by atoms with Gasteiger partial charge in [-0.25, -0.2) is 0 Å². The van der Waals surface area contributed by atoms with Gasteiger partial charge in [0.15, 0.2) is 0 Å². The van der Waals surface area contributed by atoms with Crippen LogP contribution in [0.3, 0.4) is 0 Å². The van der Waals surface area contributed by atoms with Crippen LogP contribution in [0.4, 0.5) is 0 Å². The van der Waals surface area contributed by atoms with E-state index in [1.54, 1.807) is 6.07 Å². The Bertz CT molecular complexity index is 4130. The molecular weight excluding hydrogens is 995 g/mol. The zero-order valence-electron chi connectivity index (χ0n) is 47.5. The molecule has 12 rings (SSSR count). The summed E-state index contributed by atoms with van der Waals surface area (Å²) < 4.78 is 4.60. The zero-order chi connectivity index (χ0) is 58.2. The first-order chi connectivity index (χ1) is 39.7. The van der Waals surface area contributed by atoms with Gasteiger partial charge in [-0.1, -0.05) is 168 Å². The van der Waals surface area contributed by atoms with E-state index in [4.69, 9.17) is 5.26 Å². The van der Waals surface area contributed by atoms with E-state index in [1.807, 2.05) is 38.1 Å². The van der Waals surface area contributed by atoms with Crippen LogP contribution in [0.25, 0.3) is 111 Å². The lowest BCUT2D eigenvalue weighted by Crippen LogP contribution is -1.99. The lowest BCUT2D eigenvalue weighted by molar-refractivity contribution is 1.17. The van der Waals surface area contributed by atoms with Gasteiger partial charge >= 0.3 is 0 Å². The van der Waals surface area contributed by atoms with Gasteiger partial charge in [0.05, 0.1) is 51.4 Å². The molecule has 0 aliphatic carbocycles. The molecule has 0 spiro atoms. The van der Waals surface area contributed by atoms with E-state index >= 15 is 0 Å². The first-order valence-electron chi connectivity index (χ1n) is 27.1. The molecule has 0 N–H and O–H groups in total. The third-order valence-corrected chi connectivity index (χ3v) is 14.4. The third-order valence-electron chi connectivity index (χ3n) is 14.4. The Balaban J connectivity index is 0.000000618. The monoisotopic (exact) mass is 1060 g/mol. The summed E-state index contributed by atoms with van der Waals surface area (Å²) in [4.78, 5) is 0. The lowest BCUT2D eigenvalue weighted by Gasteiger charge is -2.15. The zero-order valence-corrected chi connectivity index (χ0v) is 47.5. The second-order valence-corrected chi connectivity index (χ2v) is 20.8. The minimum atomic E-state index is 0.412. The van der Waals surface area contributed by atoms with Gasteiger partial charge in [-0.3, -0.25) is 0 Å². The van der Waals surface area contributed by atoms with Crippen molar-refractivity contribution in [2.45, 2.75) is 41.5 Å². The summed E-state index contributed by atoms with van der Waals surface area (Å²) >= 11 is 0. The van der Waals surface area contributed by atoms with Gasteiger partial charge in [-0.2, -0.15) is 15.8 Å². The molecule has 0 bridgehead atoms. The summed E-state index contributed by atoms with van der Waals surface area (Å²) in [7, 11) is 0. The van der Waals surface area contributed by atoms with Gasteiger partial charge in [0.1, 0.15) is 0 Å². The predicted octanol–water partition coefficient (Wildman–Crippen LogP) is 20.8. The number of hydrogen-bond donors (Lipinski definition) is 0. The van der Waals surface area contributed by atoms with Crippen molar-refractivity contribution in [2.75, 3.05) is 0 Å². The molecule has 396 valence electrons. The second kappa shape index (κ2) is 24.5. The molecular formula is C77H63N5. The highest BCUT2D eigenvalue weighted by Gasteiger charge is 2.21. The van der Waals surface area contributed by atoms with Crippen LogP contribution in [0.1, 0.15) is 47.2 Å². The molecule has 0 aliphatic rings.